The minimum absolute atomic E-state index is 0.0450. The second-order valence-corrected chi connectivity index (χ2v) is 6.44. The highest BCUT2D eigenvalue weighted by Gasteiger charge is 2.18. The summed E-state index contributed by atoms with van der Waals surface area (Å²) < 4.78 is 5.25. The molecule has 1 heterocycles. The van der Waals surface area contributed by atoms with Crippen molar-refractivity contribution in [2.75, 3.05) is 25.5 Å². The highest BCUT2D eigenvalue weighted by molar-refractivity contribution is 6.05. The first-order chi connectivity index (χ1) is 12.7. The molecule has 1 saturated heterocycles. The number of amides is 2. The van der Waals surface area contributed by atoms with Crippen LogP contribution in [0.5, 0.6) is 5.75 Å². The lowest BCUT2D eigenvalue weighted by Gasteiger charge is -2.20. The highest BCUT2D eigenvalue weighted by Crippen LogP contribution is 2.23. The van der Waals surface area contributed by atoms with Crippen LogP contribution in [0.3, 0.4) is 0 Å². The minimum atomic E-state index is -0.233. The van der Waals surface area contributed by atoms with Crippen LogP contribution in [0.15, 0.2) is 48.5 Å². The van der Waals surface area contributed by atoms with Gasteiger partial charge in [0.2, 0.25) is 0 Å². The van der Waals surface area contributed by atoms with E-state index in [1.54, 1.807) is 43.5 Å². The monoisotopic (exact) mass is 352 g/mol. The third kappa shape index (κ3) is 4.23. The number of methoxy groups -OCH3 is 1. The Morgan fingerprint density at radius 1 is 0.885 bits per heavy atom. The summed E-state index contributed by atoms with van der Waals surface area (Å²) in [7, 11) is 1.56. The van der Waals surface area contributed by atoms with Crippen molar-refractivity contribution in [1.29, 1.82) is 0 Å². The van der Waals surface area contributed by atoms with Gasteiger partial charge in [-0.15, -0.1) is 0 Å². The smallest absolute Gasteiger partial charge is 0.255 e. The van der Waals surface area contributed by atoms with E-state index in [0.717, 1.165) is 25.9 Å². The van der Waals surface area contributed by atoms with Gasteiger partial charge in [-0.25, -0.2) is 0 Å². The quantitative estimate of drug-likeness (QED) is 0.906. The Bertz CT molecular complexity index is 763. The van der Waals surface area contributed by atoms with Crippen LogP contribution in [0, 0.1) is 0 Å². The Hall–Kier alpha value is -2.82. The van der Waals surface area contributed by atoms with Crippen molar-refractivity contribution in [3.63, 3.8) is 0 Å². The van der Waals surface area contributed by atoms with Crippen molar-refractivity contribution < 1.29 is 14.3 Å². The summed E-state index contributed by atoms with van der Waals surface area (Å²) in [6, 6.07) is 14.1. The molecule has 1 aliphatic rings. The zero-order valence-electron chi connectivity index (χ0n) is 15.0. The van der Waals surface area contributed by atoms with E-state index in [0.29, 0.717) is 22.6 Å². The number of nitrogens with one attached hydrogen (secondary N) is 1. The van der Waals surface area contributed by atoms with E-state index < -0.39 is 0 Å². The van der Waals surface area contributed by atoms with E-state index in [-0.39, 0.29) is 11.8 Å². The molecule has 0 radical (unpaired) electrons. The minimum Gasteiger partial charge on any atom is -0.495 e. The maximum absolute atomic E-state index is 12.6. The maximum Gasteiger partial charge on any atom is 0.255 e. The largest absolute Gasteiger partial charge is 0.495 e. The summed E-state index contributed by atoms with van der Waals surface area (Å²) in [5.74, 6) is 0.417. The molecule has 1 aliphatic heterocycles. The summed E-state index contributed by atoms with van der Waals surface area (Å²) in [5.41, 5.74) is 1.74. The van der Waals surface area contributed by atoms with E-state index in [9.17, 15) is 9.59 Å². The van der Waals surface area contributed by atoms with Gasteiger partial charge in [0.05, 0.1) is 12.8 Å². The number of para-hydroxylation sites is 2. The van der Waals surface area contributed by atoms with Crippen LogP contribution < -0.4 is 10.1 Å². The summed E-state index contributed by atoms with van der Waals surface area (Å²) >= 11 is 0. The van der Waals surface area contributed by atoms with E-state index in [1.807, 2.05) is 17.0 Å². The molecule has 0 saturated carbocycles. The number of hydrogen-bond acceptors (Lipinski definition) is 3. The normalized spacial score (nSPS) is 14.4. The van der Waals surface area contributed by atoms with Crippen molar-refractivity contribution in [3.8, 4) is 5.75 Å². The fourth-order valence-corrected chi connectivity index (χ4v) is 3.16. The molecule has 0 bridgehead atoms. The first-order valence-corrected chi connectivity index (χ1v) is 9.03. The average molecular weight is 352 g/mol. The van der Waals surface area contributed by atoms with Crippen molar-refractivity contribution in [3.05, 3.63) is 59.7 Å². The van der Waals surface area contributed by atoms with Gasteiger partial charge < -0.3 is 15.0 Å². The molecule has 0 atom stereocenters. The second kappa shape index (κ2) is 8.52. The van der Waals surface area contributed by atoms with Gasteiger partial charge >= 0.3 is 0 Å². The lowest BCUT2D eigenvalue weighted by Crippen LogP contribution is -2.31. The number of nitrogens with zero attached hydrogens (tertiary/aromatic N) is 1. The van der Waals surface area contributed by atoms with E-state index >= 15 is 0 Å². The van der Waals surface area contributed by atoms with Gasteiger partial charge in [0.1, 0.15) is 5.75 Å². The van der Waals surface area contributed by atoms with Gasteiger partial charge in [0, 0.05) is 24.2 Å². The molecule has 0 unspecified atom stereocenters. The predicted molar refractivity (Wildman–Crippen MR) is 102 cm³/mol. The molecule has 136 valence electrons. The number of ether oxygens (including phenoxy) is 1. The van der Waals surface area contributed by atoms with Gasteiger partial charge in [-0.05, 0) is 49.2 Å². The molecule has 5 heteroatoms. The Kier molecular flexibility index (Phi) is 5.89. The second-order valence-electron chi connectivity index (χ2n) is 6.44. The van der Waals surface area contributed by atoms with Crippen molar-refractivity contribution in [1.82, 2.24) is 4.90 Å². The lowest BCUT2D eigenvalue weighted by molar-refractivity contribution is 0.0761. The molecule has 1 fully saturated rings. The molecule has 3 rings (SSSR count). The molecule has 26 heavy (non-hydrogen) atoms. The Morgan fingerprint density at radius 3 is 2.15 bits per heavy atom. The van der Waals surface area contributed by atoms with Gasteiger partial charge in [0.25, 0.3) is 11.8 Å². The van der Waals surface area contributed by atoms with E-state index in [1.165, 1.54) is 12.8 Å². The summed E-state index contributed by atoms with van der Waals surface area (Å²) in [4.78, 5) is 27.0. The maximum atomic E-state index is 12.6. The Balaban J connectivity index is 1.68. The number of rotatable bonds is 4. The van der Waals surface area contributed by atoms with Crippen LogP contribution in [0.25, 0.3) is 0 Å². The number of anilines is 1. The fraction of sp³-hybridized carbons (Fsp3) is 0.333. The molecule has 0 spiro atoms. The van der Waals surface area contributed by atoms with Crippen molar-refractivity contribution >= 4 is 17.5 Å². The lowest BCUT2D eigenvalue weighted by atomic mass is 10.1. The van der Waals surface area contributed by atoms with Gasteiger partial charge in [0.15, 0.2) is 0 Å². The number of hydrogen-bond donors (Lipinski definition) is 1. The Labute approximate surface area is 154 Å². The first kappa shape index (κ1) is 18.0. The molecule has 0 aromatic heterocycles. The van der Waals surface area contributed by atoms with Crippen LogP contribution in [0.2, 0.25) is 0 Å². The molecular formula is C21H24N2O3. The van der Waals surface area contributed by atoms with E-state index in [2.05, 4.69) is 5.32 Å². The van der Waals surface area contributed by atoms with Crippen molar-refractivity contribution in [2.45, 2.75) is 25.7 Å². The first-order valence-electron chi connectivity index (χ1n) is 9.03. The number of benzene rings is 2. The van der Waals surface area contributed by atoms with Crippen LogP contribution in [0.4, 0.5) is 5.69 Å². The van der Waals surface area contributed by atoms with Crippen molar-refractivity contribution in [2.24, 2.45) is 0 Å². The van der Waals surface area contributed by atoms with Gasteiger partial charge in [-0.3, -0.25) is 9.59 Å². The number of likely N-dealkylation sites (tertiary alicyclic amines) is 1. The average Bonchev–Trinajstić information content (AvgIpc) is 2.97. The standard InChI is InChI=1S/C21H24N2O3/c1-26-19-9-5-4-8-18(19)22-20(24)16-10-12-17(13-11-16)21(25)23-14-6-2-3-7-15-23/h4-5,8-13H,2-3,6-7,14-15H2,1H3,(H,22,24). The van der Waals surface area contributed by atoms with Crippen LogP contribution >= 0.6 is 0 Å². The van der Waals surface area contributed by atoms with Crippen LogP contribution in [-0.2, 0) is 0 Å². The number of carbonyl (C=O) groups excluding carboxylic acids is 2. The van der Waals surface area contributed by atoms with Crippen LogP contribution in [-0.4, -0.2) is 36.9 Å². The number of carbonyl (C=O) groups is 2. The van der Waals surface area contributed by atoms with Gasteiger partial charge in [-0.1, -0.05) is 25.0 Å². The molecule has 5 nitrogen and oxygen atoms in total. The molecular weight excluding hydrogens is 328 g/mol. The molecule has 2 aromatic carbocycles. The van der Waals surface area contributed by atoms with E-state index in [4.69, 9.17) is 4.74 Å². The van der Waals surface area contributed by atoms with Gasteiger partial charge in [-0.2, -0.15) is 0 Å². The molecule has 1 N–H and O–H groups in total. The molecule has 2 aromatic rings. The predicted octanol–water partition coefficient (Wildman–Crippen LogP) is 3.96. The summed E-state index contributed by atoms with van der Waals surface area (Å²) in [6.45, 7) is 1.63. The SMILES string of the molecule is COc1ccccc1NC(=O)c1ccc(C(=O)N2CCCCCC2)cc1. The summed E-state index contributed by atoms with van der Waals surface area (Å²) in [5, 5.41) is 2.84. The topological polar surface area (TPSA) is 58.6 Å². The third-order valence-corrected chi connectivity index (χ3v) is 4.64. The van der Waals surface area contributed by atoms with Crippen LogP contribution in [0.1, 0.15) is 46.4 Å². The summed E-state index contributed by atoms with van der Waals surface area (Å²) in [6.07, 6.45) is 4.49. The zero-order chi connectivity index (χ0) is 18.4. The Morgan fingerprint density at radius 2 is 1.50 bits per heavy atom. The third-order valence-electron chi connectivity index (χ3n) is 4.64. The zero-order valence-corrected chi connectivity index (χ0v) is 15.0. The highest BCUT2D eigenvalue weighted by atomic mass is 16.5. The molecule has 2 amide bonds. The fourth-order valence-electron chi connectivity index (χ4n) is 3.16. The molecule has 0 aliphatic carbocycles.